The largest absolute Gasteiger partial charge is 0.550 e. The maximum absolute atomic E-state index is 11.9. The maximum Gasteiger partial charge on any atom is 0.224 e. The molecule has 0 saturated heterocycles. The van der Waals surface area contributed by atoms with Crippen molar-refractivity contribution in [2.45, 2.75) is 39.5 Å². The minimum Gasteiger partial charge on any atom is -0.550 e. The van der Waals surface area contributed by atoms with E-state index in [1.54, 1.807) is 19.1 Å². The van der Waals surface area contributed by atoms with Crippen molar-refractivity contribution < 1.29 is 14.7 Å². The highest BCUT2D eigenvalue weighted by Gasteiger charge is 2.20. The molecule has 0 heterocycles. The van der Waals surface area contributed by atoms with Crippen molar-refractivity contribution in [3.05, 3.63) is 30.3 Å². The molecule has 110 valence electrons. The number of carboxylic acid groups (broad SMARTS) is 1. The number of anilines is 1. The van der Waals surface area contributed by atoms with Crippen molar-refractivity contribution in [3.8, 4) is 0 Å². The molecule has 0 unspecified atom stereocenters. The smallest absolute Gasteiger partial charge is 0.224 e. The summed E-state index contributed by atoms with van der Waals surface area (Å²) in [4.78, 5) is 23.0. The second kappa shape index (κ2) is 8.35. The molecule has 2 atom stereocenters. The van der Waals surface area contributed by atoms with E-state index in [0.717, 1.165) is 18.5 Å². The number of hydrogen-bond acceptors (Lipinski definition) is 3. The molecule has 1 amide bonds. The summed E-state index contributed by atoms with van der Waals surface area (Å²) in [7, 11) is 0. The van der Waals surface area contributed by atoms with Crippen LogP contribution in [0.25, 0.3) is 0 Å². The quantitative estimate of drug-likeness (QED) is 0.791. The van der Waals surface area contributed by atoms with Crippen LogP contribution in [-0.4, -0.2) is 11.9 Å². The van der Waals surface area contributed by atoms with Gasteiger partial charge in [0, 0.05) is 24.0 Å². The van der Waals surface area contributed by atoms with Crippen LogP contribution in [0.5, 0.6) is 0 Å². The third kappa shape index (κ3) is 5.43. The molecular weight excluding hydrogens is 254 g/mol. The molecule has 1 aromatic rings. The van der Waals surface area contributed by atoms with Crippen molar-refractivity contribution >= 4 is 17.6 Å². The van der Waals surface area contributed by atoms with E-state index in [4.69, 9.17) is 0 Å². The van der Waals surface area contributed by atoms with E-state index >= 15 is 0 Å². The average molecular weight is 276 g/mol. The zero-order valence-corrected chi connectivity index (χ0v) is 12.1. The number of nitrogens with one attached hydrogen (secondary N) is 1. The fourth-order valence-corrected chi connectivity index (χ4v) is 2.23. The van der Waals surface area contributed by atoms with Crippen LogP contribution in [0.15, 0.2) is 30.3 Å². The Morgan fingerprint density at radius 1 is 1.25 bits per heavy atom. The molecule has 0 aromatic heterocycles. The lowest BCUT2D eigenvalue weighted by molar-refractivity contribution is -0.313. The Bertz CT molecular complexity index is 431. The van der Waals surface area contributed by atoms with Crippen LogP contribution >= 0.6 is 0 Å². The van der Waals surface area contributed by atoms with Crippen LogP contribution < -0.4 is 10.4 Å². The molecule has 0 aliphatic carbocycles. The summed E-state index contributed by atoms with van der Waals surface area (Å²) in [6, 6.07) is 9.15. The summed E-state index contributed by atoms with van der Waals surface area (Å²) >= 11 is 0. The average Bonchev–Trinajstić information content (AvgIpc) is 2.39. The van der Waals surface area contributed by atoms with E-state index in [9.17, 15) is 14.7 Å². The third-order valence-corrected chi connectivity index (χ3v) is 3.42. The van der Waals surface area contributed by atoms with Crippen LogP contribution in [-0.2, 0) is 9.59 Å². The second-order valence-electron chi connectivity index (χ2n) is 5.16. The van der Waals surface area contributed by atoms with Gasteiger partial charge in [-0.3, -0.25) is 4.79 Å². The fraction of sp³-hybridized carbons (Fsp3) is 0.500. The van der Waals surface area contributed by atoms with Gasteiger partial charge in [-0.2, -0.15) is 0 Å². The highest BCUT2D eigenvalue weighted by molar-refractivity contribution is 5.91. The molecular formula is C16H22NO3-. The van der Waals surface area contributed by atoms with Gasteiger partial charge in [-0.15, -0.1) is 0 Å². The molecule has 0 saturated carbocycles. The van der Waals surface area contributed by atoms with Gasteiger partial charge in [0.15, 0.2) is 0 Å². The number of carboxylic acids is 1. The van der Waals surface area contributed by atoms with Gasteiger partial charge in [-0.05, 0) is 24.5 Å². The Morgan fingerprint density at radius 3 is 2.45 bits per heavy atom. The monoisotopic (exact) mass is 276 g/mol. The van der Waals surface area contributed by atoms with Crippen molar-refractivity contribution in [3.63, 3.8) is 0 Å². The van der Waals surface area contributed by atoms with Gasteiger partial charge in [0.25, 0.3) is 0 Å². The summed E-state index contributed by atoms with van der Waals surface area (Å²) in [5.74, 6) is -2.00. The zero-order chi connectivity index (χ0) is 15.0. The normalized spacial score (nSPS) is 13.5. The van der Waals surface area contributed by atoms with Crippen LogP contribution in [0.2, 0.25) is 0 Å². The van der Waals surface area contributed by atoms with Gasteiger partial charge < -0.3 is 15.2 Å². The number of carbonyl (C=O) groups is 2. The number of carbonyl (C=O) groups excluding carboxylic acids is 2. The molecule has 0 aliphatic rings. The summed E-state index contributed by atoms with van der Waals surface area (Å²) in [6.07, 6.45) is 2.53. The Labute approximate surface area is 120 Å². The number of aliphatic carboxylic acids is 1. The number of benzene rings is 1. The predicted octanol–water partition coefficient (Wildman–Crippen LogP) is 2.21. The van der Waals surface area contributed by atoms with Crippen molar-refractivity contribution in [1.82, 2.24) is 0 Å². The Kier molecular flexibility index (Phi) is 6.77. The van der Waals surface area contributed by atoms with Gasteiger partial charge >= 0.3 is 0 Å². The first-order valence-corrected chi connectivity index (χ1v) is 7.10. The van der Waals surface area contributed by atoms with Gasteiger partial charge in [0.1, 0.15) is 0 Å². The van der Waals surface area contributed by atoms with Gasteiger partial charge in [0.2, 0.25) is 5.91 Å². The van der Waals surface area contributed by atoms with E-state index in [1.807, 2.05) is 25.1 Å². The lowest BCUT2D eigenvalue weighted by atomic mass is 9.87. The van der Waals surface area contributed by atoms with Crippen molar-refractivity contribution in [2.24, 2.45) is 11.8 Å². The topological polar surface area (TPSA) is 69.2 Å². The van der Waals surface area contributed by atoms with Crippen LogP contribution in [0.4, 0.5) is 5.69 Å². The first-order valence-electron chi connectivity index (χ1n) is 7.10. The minimum absolute atomic E-state index is 0.161. The number of unbranched alkanes of at least 4 members (excludes halogenated alkanes) is 1. The summed E-state index contributed by atoms with van der Waals surface area (Å²) in [5, 5.41) is 13.9. The summed E-state index contributed by atoms with van der Waals surface area (Å²) in [6.45, 7) is 3.81. The third-order valence-electron chi connectivity index (χ3n) is 3.42. The highest BCUT2D eigenvalue weighted by atomic mass is 16.4. The van der Waals surface area contributed by atoms with Crippen LogP contribution in [0, 0.1) is 11.8 Å². The van der Waals surface area contributed by atoms with Crippen molar-refractivity contribution in [2.75, 3.05) is 5.32 Å². The number of rotatable bonds is 8. The predicted molar refractivity (Wildman–Crippen MR) is 76.9 cm³/mol. The number of amides is 1. The maximum atomic E-state index is 11.9. The van der Waals surface area contributed by atoms with Crippen LogP contribution in [0.3, 0.4) is 0 Å². The second-order valence-corrected chi connectivity index (χ2v) is 5.16. The lowest BCUT2D eigenvalue weighted by Crippen LogP contribution is -2.36. The first-order chi connectivity index (χ1) is 9.54. The minimum atomic E-state index is -1.06. The molecule has 0 fully saturated rings. The van der Waals surface area contributed by atoms with Crippen LogP contribution in [0.1, 0.15) is 39.5 Å². The molecule has 0 spiro atoms. The molecule has 0 radical (unpaired) electrons. The highest BCUT2D eigenvalue weighted by Crippen LogP contribution is 2.21. The molecule has 1 N–H and O–H groups in total. The van der Waals surface area contributed by atoms with Crippen molar-refractivity contribution in [1.29, 1.82) is 0 Å². The standard InChI is InChI=1S/C16H23NO3/c1-3-4-10-14(16(19)20)12(2)11-15(18)17-13-8-6-5-7-9-13/h5-9,12,14H,3-4,10-11H2,1-2H3,(H,17,18)(H,19,20)/p-1/t12-,14-/m0/s1. The van der Waals surface area contributed by atoms with E-state index in [1.165, 1.54) is 0 Å². The molecule has 0 bridgehead atoms. The SMILES string of the molecule is CCCC[C@H](C(=O)[O-])[C@@H](C)CC(=O)Nc1ccccc1. The van der Waals surface area contributed by atoms with E-state index in [-0.39, 0.29) is 18.2 Å². The van der Waals surface area contributed by atoms with E-state index in [2.05, 4.69) is 5.32 Å². The zero-order valence-electron chi connectivity index (χ0n) is 12.1. The molecule has 4 heteroatoms. The van der Waals surface area contributed by atoms with E-state index < -0.39 is 11.9 Å². The first kappa shape index (κ1) is 16.2. The van der Waals surface area contributed by atoms with E-state index in [0.29, 0.717) is 6.42 Å². The molecule has 1 aromatic carbocycles. The van der Waals surface area contributed by atoms with Gasteiger partial charge in [0.05, 0.1) is 0 Å². The summed E-state index contributed by atoms with van der Waals surface area (Å²) < 4.78 is 0. The van der Waals surface area contributed by atoms with Gasteiger partial charge in [-0.25, -0.2) is 0 Å². The Balaban J connectivity index is 2.52. The number of para-hydroxylation sites is 1. The molecule has 4 nitrogen and oxygen atoms in total. The fourth-order valence-electron chi connectivity index (χ4n) is 2.23. The Hall–Kier alpha value is -1.84. The summed E-state index contributed by atoms with van der Waals surface area (Å²) in [5.41, 5.74) is 0.725. The Morgan fingerprint density at radius 2 is 1.90 bits per heavy atom. The molecule has 1 rings (SSSR count). The molecule has 20 heavy (non-hydrogen) atoms. The van der Waals surface area contributed by atoms with Gasteiger partial charge in [-0.1, -0.05) is 44.9 Å². The molecule has 0 aliphatic heterocycles. The lowest BCUT2D eigenvalue weighted by Gasteiger charge is -2.24. The number of hydrogen-bond donors (Lipinski definition) is 1.